The third-order valence-corrected chi connectivity index (χ3v) is 6.77. The molecule has 0 saturated carbocycles. The van der Waals surface area contributed by atoms with Crippen molar-refractivity contribution in [1.82, 2.24) is 24.5 Å². The molecule has 0 bridgehead atoms. The topological polar surface area (TPSA) is 113 Å². The first-order chi connectivity index (χ1) is 13.8. The van der Waals surface area contributed by atoms with Crippen molar-refractivity contribution in [2.24, 2.45) is 7.05 Å². The van der Waals surface area contributed by atoms with Gasteiger partial charge in [0.2, 0.25) is 11.8 Å². The minimum Gasteiger partial charge on any atom is -0.342 e. The molecule has 0 radical (unpaired) electrons. The summed E-state index contributed by atoms with van der Waals surface area (Å²) in [6, 6.07) is 7.83. The smallest absolute Gasteiger partial charge is 0.259 e. The molecule has 2 aromatic rings. The van der Waals surface area contributed by atoms with Crippen LogP contribution in [0.5, 0.6) is 0 Å². The summed E-state index contributed by atoms with van der Waals surface area (Å²) in [5, 5.41) is 2.75. The number of nitrogens with zero attached hydrogens (tertiary/aromatic N) is 3. The number of hydrogen-bond donors (Lipinski definition) is 2. The van der Waals surface area contributed by atoms with Gasteiger partial charge in [-0.25, -0.2) is 18.1 Å². The molecule has 9 nitrogen and oxygen atoms in total. The van der Waals surface area contributed by atoms with E-state index in [9.17, 15) is 18.0 Å². The number of imidazole rings is 1. The third kappa shape index (κ3) is 4.03. The van der Waals surface area contributed by atoms with Crippen LogP contribution < -0.4 is 10.0 Å². The highest BCUT2D eigenvalue weighted by molar-refractivity contribution is 7.89. The maximum atomic E-state index is 12.9. The van der Waals surface area contributed by atoms with Crippen LogP contribution in [0, 0.1) is 0 Å². The summed E-state index contributed by atoms with van der Waals surface area (Å²) in [4.78, 5) is 31.0. The highest BCUT2D eigenvalue weighted by atomic mass is 32.2. The number of piperazine rings is 1. The van der Waals surface area contributed by atoms with E-state index in [1.54, 1.807) is 16.5 Å². The highest BCUT2D eigenvalue weighted by Gasteiger charge is 2.44. The van der Waals surface area contributed by atoms with Crippen molar-refractivity contribution in [3.63, 3.8) is 0 Å². The van der Waals surface area contributed by atoms with Crippen molar-refractivity contribution < 1.29 is 18.0 Å². The Bertz CT molecular complexity index is 1020. The number of hydrogen-bond acceptors (Lipinski definition) is 5. The fourth-order valence-corrected chi connectivity index (χ4v) is 5.17. The molecule has 154 valence electrons. The molecule has 1 aromatic heterocycles. The zero-order valence-corrected chi connectivity index (χ0v) is 16.8. The number of aromatic nitrogens is 2. The molecule has 4 rings (SSSR count). The van der Waals surface area contributed by atoms with Gasteiger partial charge in [-0.1, -0.05) is 30.3 Å². The van der Waals surface area contributed by atoms with Crippen LogP contribution in [-0.4, -0.2) is 59.4 Å². The number of nitrogens with one attached hydrogen (secondary N) is 2. The summed E-state index contributed by atoms with van der Waals surface area (Å²) in [5.41, 5.74) is 0.975. The van der Waals surface area contributed by atoms with Gasteiger partial charge in [0.15, 0.2) is 5.03 Å². The second kappa shape index (κ2) is 7.60. The predicted octanol–water partition coefficient (Wildman–Crippen LogP) is -0.201. The average molecular weight is 417 g/mol. The van der Waals surface area contributed by atoms with Gasteiger partial charge in [-0.15, -0.1) is 0 Å². The second-order valence-corrected chi connectivity index (χ2v) is 9.18. The Labute approximate surface area is 169 Å². The van der Waals surface area contributed by atoms with Crippen LogP contribution in [0.3, 0.4) is 0 Å². The van der Waals surface area contributed by atoms with Gasteiger partial charge in [-0.2, -0.15) is 0 Å². The number of carbonyl (C=O) groups is 2. The summed E-state index contributed by atoms with van der Waals surface area (Å²) in [6.07, 6.45) is 3.95. The maximum Gasteiger partial charge on any atom is 0.259 e. The van der Waals surface area contributed by atoms with Crippen LogP contribution in [0.15, 0.2) is 47.9 Å². The van der Waals surface area contributed by atoms with Gasteiger partial charge in [0, 0.05) is 32.3 Å². The lowest BCUT2D eigenvalue weighted by Crippen LogP contribution is -2.67. The van der Waals surface area contributed by atoms with E-state index in [0.29, 0.717) is 19.4 Å². The Morgan fingerprint density at radius 1 is 1.24 bits per heavy atom. The Kier molecular flexibility index (Phi) is 5.13. The monoisotopic (exact) mass is 417 g/mol. The van der Waals surface area contributed by atoms with E-state index in [1.165, 1.54) is 12.5 Å². The summed E-state index contributed by atoms with van der Waals surface area (Å²) < 4.78 is 29.2. The fraction of sp³-hybridized carbons (Fsp3) is 0.421. The fourth-order valence-electron chi connectivity index (χ4n) is 3.91. The van der Waals surface area contributed by atoms with Gasteiger partial charge in [-0.05, 0) is 18.4 Å². The number of piperidine rings is 1. The summed E-state index contributed by atoms with van der Waals surface area (Å²) in [7, 11) is -2.09. The predicted molar refractivity (Wildman–Crippen MR) is 104 cm³/mol. The van der Waals surface area contributed by atoms with Crippen molar-refractivity contribution >= 4 is 21.8 Å². The summed E-state index contributed by atoms with van der Waals surface area (Å²) >= 11 is 0. The van der Waals surface area contributed by atoms with Crippen LogP contribution in [0.2, 0.25) is 0 Å². The van der Waals surface area contributed by atoms with Crippen molar-refractivity contribution in [3.05, 3.63) is 48.4 Å². The molecule has 0 spiro atoms. The van der Waals surface area contributed by atoms with E-state index in [1.807, 2.05) is 30.3 Å². The number of sulfonamides is 1. The van der Waals surface area contributed by atoms with E-state index in [0.717, 1.165) is 5.56 Å². The standard InChI is InChI=1S/C19H23N5O4S/c1-23-11-17(20-12-23)29(27,28)22-14-7-8-24-16(10-14)18(25)21-15(19(24)26)9-13-5-3-2-4-6-13/h2-6,11-12,14-16,22H,7-10H2,1H3,(H,21,25). The largest absolute Gasteiger partial charge is 0.342 e. The molecular weight excluding hydrogens is 394 g/mol. The van der Waals surface area contributed by atoms with Crippen molar-refractivity contribution in [3.8, 4) is 0 Å². The Balaban J connectivity index is 1.43. The van der Waals surface area contributed by atoms with E-state index in [2.05, 4.69) is 15.0 Å². The first kappa shape index (κ1) is 19.6. The summed E-state index contributed by atoms with van der Waals surface area (Å²) in [5.74, 6) is -0.364. The molecule has 2 saturated heterocycles. The Hall–Kier alpha value is -2.72. The molecule has 3 unspecified atom stereocenters. The van der Waals surface area contributed by atoms with Gasteiger partial charge in [0.25, 0.3) is 10.0 Å². The van der Waals surface area contributed by atoms with Gasteiger partial charge < -0.3 is 14.8 Å². The molecule has 3 atom stereocenters. The normalized spacial score (nSPS) is 24.9. The molecule has 2 fully saturated rings. The SMILES string of the molecule is Cn1cnc(S(=O)(=O)NC2CCN3C(=O)C(Cc4ccccc4)NC(=O)C3C2)c1. The maximum absolute atomic E-state index is 12.9. The number of benzene rings is 1. The van der Waals surface area contributed by atoms with Gasteiger partial charge in [0.05, 0.1) is 6.33 Å². The van der Waals surface area contributed by atoms with Crippen LogP contribution in [-0.2, 0) is 33.1 Å². The Morgan fingerprint density at radius 3 is 2.69 bits per heavy atom. The number of aryl methyl sites for hydroxylation is 1. The molecule has 3 heterocycles. The molecule has 29 heavy (non-hydrogen) atoms. The molecule has 2 amide bonds. The molecule has 1 aromatic carbocycles. The minimum atomic E-state index is -3.78. The molecule has 2 N–H and O–H groups in total. The minimum absolute atomic E-state index is 0.0606. The third-order valence-electron chi connectivity index (χ3n) is 5.36. The van der Waals surface area contributed by atoms with Gasteiger partial charge in [0.1, 0.15) is 12.1 Å². The van der Waals surface area contributed by atoms with Crippen molar-refractivity contribution in [2.45, 2.75) is 42.4 Å². The zero-order valence-electron chi connectivity index (χ0n) is 16.0. The van der Waals surface area contributed by atoms with Crippen LogP contribution in [0.1, 0.15) is 18.4 Å². The molecule has 2 aliphatic heterocycles. The molecule has 0 aliphatic carbocycles. The van der Waals surface area contributed by atoms with Crippen LogP contribution in [0.25, 0.3) is 0 Å². The average Bonchev–Trinajstić information content (AvgIpc) is 3.14. The highest BCUT2D eigenvalue weighted by Crippen LogP contribution is 2.24. The lowest BCUT2D eigenvalue weighted by Gasteiger charge is -2.44. The van der Waals surface area contributed by atoms with E-state index in [4.69, 9.17) is 0 Å². The lowest BCUT2D eigenvalue weighted by atomic mass is 9.92. The number of fused-ring (bicyclic) bond motifs is 1. The molecular formula is C19H23N5O4S. The zero-order chi connectivity index (χ0) is 20.6. The van der Waals surface area contributed by atoms with Gasteiger partial charge >= 0.3 is 0 Å². The quantitative estimate of drug-likeness (QED) is 0.700. The van der Waals surface area contributed by atoms with E-state index in [-0.39, 0.29) is 23.3 Å². The van der Waals surface area contributed by atoms with Gasteiger partial charge in [-0.3, -0.25) is 9.59 Å². The number of amides is 2. The van der Waals surface area contributed by atoms with Crippen LogP contribution in [0.4, 0.5) is 0 Å². The van der Waals surface area contributed by atoms with E-state index < -0.39 is 28.1 Å². The molecule has 2 aliphatic rings. The van der Waals surface area contributed by atoms with E-state index >= 15 is 0 Å². The van der Waals surface area contributed by atoms with Crippen LogP contribution >= 0.6 is 0 Å². The second-order valence-electron chi connectivity index (χ2n) is 7.52. The van der Waals surface area contributed by atoms with Crippen molar-refractivity contribution in [2.75, 3.05) is 6.54 Å². The number of rotatable bonds is 5. The lowest BCUT2D eigenvalue weighted by molar-refractivity contribution is -0.151. The summed E-state index contributed by atoms with van der Waals surface area (Å²) in [6.45, 7) is 0.331. The van der Waals surface area contributed by atoms with Crippen molar-refractivity contribution in [1.29, 1.82) is 0 Å². The Morgan fingerprint density at radius 2 is 2.00 bits per heavy atom. The first-order valence-electron chi connectivity index (χ1n) is 9.48. The number of carbonyl (C=O) groups excluding carboxylic acids is 2. The first-order valence-corrected chi connectivity index (χ1v) is 11.0. The molecule has 10 heteroatoms.